The molecule has 0 radical (unpaired) electrons. The third-order valence-corrected chi connectivity index (χ3v) is 3.69. The Morgan fingerprint density at radius 3 is 2.70 bits per heavy atom. The van der Waals surface area contributed by atoms with Crippen LogP contribution in [0.1, 0.15) is 0 Å². The second-order valence-corrected chi connectivity index (χ2v) is 4.93. The van der Waals surface area contributed by atoms with Gasteiger partial charge in [-0.25, -0.2) is 0 Å². The summed E-state index contributed by atoms with van der Waals surface area (Å²) in [6.45, 7) is 0. The smallest absolute Gasteiger partial charge is 0.140 e. The van der Waals surface area contributed by atoms with Gasteiger partial charge >= 0.3 is 0 Å². The van der Waals surface area contributed by atoms with Crippen molar-refractivity contribution in [2.45, 2.75) is 5.03 Å². The Bertz CT molecular complexity index is 787. The number of methoxy groups -OCH3 is 1. The third kappa shape index (κ3) is 2.10. The van der Waals surface area contributed by atoms with E-state index in [1.54, 1.807) is 13.3 Å². The van der Waals surface area contributed by atoms with E-state index in [9.17, 15) is 0 Å². The van der Waals surface area contributed by atoms with Crippen LogP contribution >= 0.6 is 11.8 Å². The molecular formula is C15H11N3OS. The SMILES string of the molecule is COc1ccc(-c2nccn3c(SC#N)ccc23)cc1. The first-order valence-electron chi connectivity index (χ1n) is 6.00. The monoisotopic (exact) mass is 281 g/mol. The first kappa shape index (κ1) is 12.6. The number of thiocyanates is 1. The fraction of sp³-hybridized carbons (Fsp3) is 0.0667. The van der Waals surface area contributed by atoms with Crippen molar-refractivity contribution >= 4 is 17.3 Å². The largest absolute Gasteiger partial charge is 0.497 e. The van der Waals surface area contributed by atoms with Gasteiger partial charge in [0.1, 0.15) is 11.2 Å². The van der Waals surface area contributed by atoms with Gasteiger partial charge in [-0.15, -0.1) is 0 Å². The first-order chi connectivity index (χ1) is 9.83. The van der Waals surface area contributed by atoms with Gasteiger partial charge in [-0.1, -0.05) is 0 Å². The van der Waals surface area contributed by atoms with Gasteiger partial charge in [-0.05, 0) is 36.4 Å². The van der Waals surface area contributed by atoms with Gasteiger partial charge in [0, 0.05) is 29.7 Å². The average Bonchev–Trinajstić information content (AvgIpc) is 2.91. The summed E-state index contributed by atoms with van der Waals surface area (Å²) in [4.78, 5) is 4.45. The van der Waals surface area contributed by atoms with E-state index in [0.29, 0.717) is 0 Å². The molecule has 2 heterocycles. The van der Waals surface area contributed by atoms with E-state index in [4.69, 9.17) is 10.00 Å². The predicted molar refractivity (Wildman–Crippen MR) is 78.7 cm³/mol. The second-order valence-electron chi connectivity index (χ2n) is 4.12. The standard InChI is InChI=1S/C15H11N3OS/c1-19-12-4-2-11(3-5-12)15-13-6-7-14(20-10-16)18(13)9-8-17-15/h2-9H,1H3. The summed E-state index contributed by atoms with van der Waals surface area (Å²) in [6.07, 6.45) is 3.61. The molecular weight excluding hydrogens is 270 g/mol. The van der Waals surface area contributed by atoms with E-state index < -0.39 is 0 Å². The van der Waals surface area contributed by atoms with E-state index in [2.05, 4.69) is 10.4 Å². The van der Waals surface area contributed by atoms with E-state index in [1.165, 1.54) is 0 Å². The van der Waals surface area contributed by atoms with E-state index >= 15 is 0 Å². The summed E-state index contributed by atoms with van der Waals surface area (Å²) in [6, 6.07) is 11.7. The van der Waals surface area contributed by atoms with Crippen molar-refractivity contribution in [2.24, 2.45) is 0 Å². The molecule has 0 aliphatic carbocycles. The lowest BCUT2D eigenvalue weighted by atomic mass is 10.1. The molecule has 0 amide bonds. The van der Waals surface area contributed by atoms with Crippen LogP contribution in [0.3, 0.4) is 0 Å². The fourth-order valence-electron chi connectivity index (χ4n) is 2.12. The molecule has 0 aliphatic rings. The number of rotatable bonds is 3. The maximum absolute atomic E-state index is 8.81. The summed E-state index contributed by atoms with van der Waals surface area (Å²) in [7, 11) is 1.65. The van der Waals surface area contributed by atoms with Crippen molar-refractivity contribution in [3.8, 4) is 22.4 Å². The van der Waals surface area contributed by atoms with E-state index in [-0.39, 0.29) is 0 Å². The van der Waals surface area contributed by atoms with Crippen molar-refractivity contribution in [2.75, 3.05) is 7.11 Å². The van der Waals surface area contributed by atoms with Crippen LogP contribution in [0.15, 0.2) is 53.8 Å². The number of ether oxygens (including phenoxy) is 1. The number of benzene rings is 1. The Kier molecular flexibility index (Phi) is 3.32. The lowest BCUT2D eigenvalue weighted by Gasteiger charge is -2.06. The molecule has 5 heteroatoms. The van der Waals surface area contributed by atoms with E-state index in [0.717, 1.165) is 39.3 Å². The molecule has 3 aromatic rings. The molecule has 0 aliphatic heterocycles. The molecule has 0 spiro atoms. The van der Waals surface area contributed by atoms with Crippen molar-refractivity contribution in [3.05, 3.63) is 48.8 Å². The number of nitrogens with zero attached hydrogens (tertiary/aromatic N) is 3. The molecule has 2 aromatic heterocycles. The van der Waals surface area contributed by atoms with Gasteiger partial charge in [0.15, 0.2) is 0 Å². The van der Waals surface area contributed by atoms with E-state index in [1.807, 2.05) is 47.0 Å². The number of hydrogen-bond acceptors (Lipinski definition) is 4. The number of thioether (sulfide) groups is 1. The normalized spacial score (nSPS) is 10.4. The first-order valence-corrected chi connectivity index (χ1v) is 6.81. The minimum absolute atomic E-state index is 0.816. The summed E-state index contributed by atoms with van der Waals surface area (Å²) >= 11 is 1.14. The zero-order chi connectivity index (χ0) is 13.9. The highest BCUT2D eigenvalue weighted by Crippen LogP contribution is 2.28. The molecule has 0 bridgehead atoms. The van der Waals surface area contributed by atoms with Gasteiger partial charge < -0.3 is 9.14 Å². The second kappa shape index (κ2) is 5.27. The van der Waals surface area contributed by atoms with Crippen LogP contribution < -0.4 is 4.74 Å². The van der Waals surface area contributed by atoms with Gasteiger partial charge in [-0.3, -0.25) is 4.98 Å². The lowest BCUT2D eigenvalue weighted by molar-refractivity contribution is 0.415. The Labute approximate surface area is 120 Å². The Balaban J connectivity index is 2.13. The zero-order valence-electron chi connectivity index (χ0n) is 10.8. The molecule has 0 atom stereocenters. The lowest BCUT2D eigenvalue weighted by Crippen LogP contribution is -1.92. The van der Waals surface area contributed by atoms with Gasteiger partial charge in [0.2, 0.25) is 0 Å². The number of fused-ring (bicyclic) bond motifs is 1. The van der Waals surface area contributed by atoms with Crippen LogP contribution in [0.2, 0.25) is 0 Å². The summed E-state index contributed by atoms with van der Waals surface area (Å²) in [5, 5.41) is 11.8. The van der Waals surface area contributed by atoms with Crippen LogP contribution in [0.4, 0.5) is 0 Å². The minimum Gasteiger partial charge on any atom is -0.497 e. The van der Waals surface area contributed by atoms with Gasteiger partial charge in [0.25, 0.3) is 0 Å². The van der Waals surface area contributed by atoms with Gasteiger partial charge in [0.05, 0.1) is 23.3 Å². The third-order valence-electron chi connectivity index (χ3n) is 3.06. The quantitative estimate of drug-likeness (QED) is 0.544. The average molecular weight is 281 g/mol. The molecule has 3 rings (SSSR count). The van der Waals surface area contributed by atoms with Gasteiger partial charge in [-0.2, -0.15) is 5.26 Å². The highest BCUT2D eigenvalue weighted by molar-refractivity contribution is 8.03. The van der Waals surface area contributed by atoms with Crippen LogP contribution in [0.25, 0.3) is 16.8 Å². The molecule has 0 saturated carbocycles. The molecule has 1 aromatic carbocycles. The predicted octanol–water partition coefficient (Wildman–Crippen LogP) is 3.58. The maximum Gasteiger partial charge on any atom is 0.140 e. The summed E-state index contributed by atoms with van der Waals surface area (Å²) < 4.78 is 7.14. The Morgan fingerprint density at radius 2 is 2.00 bits per heavy atom. The molecule has 98 valence electrons. The zero-order valence-corrected chi connectivity index (χ0v) is 11.6. The van der Waals surface area contributed by atoms with Crippen molar-refractivity contribution in [1.29, 1.82) is 5.26 Å². The molecule has 0 fully saturated rings. The highest BCUT2D eigenvalue weighted by atomic mass is 32.2. The molecule has 4 nitrogen and oxygen atoms in total. The number of hydrogen-bond donors (Lipinski definition) is 0. The molecule has 0 unspecified atom stereocenters. The maximum atomic E-state index is 8.81. The fourth-order valence-corrected chi connectivity index (χ4v) is 2.61. The van der Waals surface area contributed by atoms with Crippen molar-refractivity contribution in [3.63, 3.8) is 0 Å². The van der Waals surface area contributed by atoms with Crippen molar-refractivity contribution < 1.29 is 4.74 Å². The number of nitriles is 1. The Morgan fingerprint density at radius 1 is 1.20 bits per heavy atom. The Hall–Kier alpha value is -2.45. The number of aromatic nitrogens is 2. The topological polar surface area (TPSA) is 50.3 Å². The van der Waals surface area contributed by atoms with Crippen LogP contribution in [0, 0.1) is 10.7 Å². The summed E-state index contributed by atoms with van der Waals surface area (Å²) in [5.74, 6) is 0.816. The van der Waals surface area contributed by atoms with Crippen LogP contribution in [-0.4, -0.2) is 16.5 Å². The summed E-state index contributed by atoms with van der Waals surface area (Å²) in [5.41, 5.74) is 2.89. The molecule has 0 saturated heterocycles. The van der Waals surface area contributed by atoms with Crippen LogP contribution in [-0.2, 0) is 0 Å². The molecule has 20 heavy (non-hydrogen) atoms. The minimum atomic E-state index is 0.816. The van der Waals surface area contributed by atoms with Crippen molar-refractivity contribution in [1.82, 2.24) is 9.38 Å². The highest BCUT2D eigenvalue weighted by Gasteiger charge is 2.09. The van der Waals surface area contributed by atoms with Crippen LogP contribution in [0.5, 0.6) is 5.75 Å². The molecule has 0 N–H and O–H groups in total.